The number of ether oxygens (including phenoxy) is 1. The van der Waals surface area contributed by atoms with E-state index in [9.17, 15) is 9.59 Å². The van der Waals surface area contributed by atoms with E-state index in [1.54, 1.807) is 0 Å². The van der Waals surface area contributed by atoms with Crippen LogP contribution in [0.15, 0.2) is 18.2 Å². The number of carbonyl (C=O) groups excluding carboxylic acids is 2. The van der Waals surface area contributed by atoms with E-state index in [0.717, 1.165) is 0 Å². The van der Waals surface area contributed by atoms with Crippen molar-refractivity contribution in [2.24, 2.45) is 0 Å². The average Bonchev–Trinajstić information content (AvgIpc) is 2.25. The summed E-state index contributed by atoms with van der Waals surface area (Å²) < 4.78 is 4.73. The summed E-state index contributed by atoms with van der Waals surface area (Å²) in [6, 6.07) is 4.44. The fourth-order valence-corrected chi connectivity index (χ4v) is 1.05. The van der Waals surface area contributed by atoms with E-state index < -0.39 is 5.97 Å². The highest BCUT2D eigenvalue weighted by Crippen LogP contribution is 2.16. The van der Waals surface area contributed by atoms with Crippen LogP contribution in [-0.2, 0) is 9.53 Å². The van der Waals surface area contributed by atoms with Crippen LogP contribution in [0.4, 0.5) is 11.4 Å². The molecule has 1 rings (SSSR count). The third kappa shape index (κ3) is 2.88. The number of rotatable bonds is 3. The normalized spacial score (nSPS) is 9.56. The molecule has 0 fully saturated rings. The van der Waals surface area contributed by atoms with E-state index >= 15 is 0 Å². The van der Waals surface area contributed by atoms with Gasteiger partial charge in [0.25, 0.3) is 5.91 Å². The Labute approximate surface area is 92.6 Å². The van der Waals surface area contributed by atoms with Gasteiger partial charge in [-0.1, -0.05) is 0 Å². The Kier molecular flexibility index (Phi) is 3.71. The number of nitrogens with one attached hydrogen (secondary N) is 1. The molecular weight excluding hydrogens is 210 g/mol. The number of esters is 1. The zero-order valence-electron chi connectivity index (χ0n) is 8.82. The van der Waals surface area contributed by atoms with Gasteiger partial charge < -0.3 is 21.5 Å². The number of amides is 1. The third-order valence-electron chi connectivity index (χ3n) is 1.91. The summed E-state index contributed by atoms with van der Waals surface area (Å²) >= 11 is 0. The SMILES string of the molecule is CNC(=O)COC(=O)c1ccc(N)cc1N. The molecule has 1 amide bonds. The zero-order valence-corrected chi connectivity index (χ0v) is 8.82. The number of carbonyl (C=O) groups is 2. The van der Waals surface area contributed by atoms with Gasteiger partial charge in [0.1, 0.15) is 0 Å². The molecule has 1 aromatic carbocycles. The molecule has 0 radical (unpaired) electrons. The standard InChI is InChI=1S/C10H13N3O3/c1-13-9(14)5-16-10(15)7-3-2-6(11)4-8(7)12/h2-4H,5,11-12H2,1H3,(H,13,14). The van der Waals surface area contributed by atoms with Gasteiger partial charge in [0, 0.05) is 18.4 Å². The smallest absolute Gasteiger partial charge is 0.340 e. The Morgan fingerprint density at radius 2 is 2.06 bits per heavy atom. The summed E-state index contributed by atoms with van der Waals surface area (Å²) in [5.41, 5.74) is 11.9. The predicted octanol–water partition coefficient (Wildman–Crippen LogP) is -0.246. The summed E-state index contributed by atoms with van der Waals surface area (Å²) in [7, 11) is 1.45. The molecule has 0 aliphatic carbocycles. The van der Waals surface area contributed by atoms with Crippen molar-refractivity contribution in [2.75, 3.05) is 25.1 Å². The second kappa shape index (κ2) is 5.01. The maximum atomic E-state index is 11.5. The summed E-state index contributed by atoms with van der Waals surface area (Å²) in [5.74, 6) is -1.04. The Hall–Kier alpha value is -2.24. The van der Waals surface area contributed by atoms with Crippen molar-refractivity contribution in [2.45, 2.75) is 0 Å². The van der Waals surface area contributed by atoms with Crippen LogP contribution in [0.25, 0.3) is 0 Å². The monoisotopic (exact) mass is 223 g/mol. The van der Waals surface area contributed by atoms with Gasteiger partial charge in [0.15, 0.2) is 6.61 Å². The van der Waals surface area contributed by atoms with Gasteiger partial charge in [-0.3, -0.25) is 4.79 Å². The highest BCUT2D eigenvalue weighted by atomic mass is 16.5. The van der Waals surface area contributed by atoms with Crippen molar-refractivity contribution in [1.29, 1.82) is 0 Å². The minimum absolute atomic E-state index is 0.193. The van der Waals surface area contributed by atoms with Crippen molar-refractivity contribution in [3.63, 3.8) is 0 Å². The molecule has 86 valence electrons. The van der Waals surface area contributed by atoms with Gasteiger partial charge in [-0.25, -0.2) is 4.79 Å². The Balaban J connectivity index is 2.70. The molecule has 0 heterocycles. The highest BCUT2D eigenvalue weighted by Gasteiger charge is 2.12. The van der Waals surface area contributed by atoms with E-state index in [0.29, 0.717) is 5.69 Å². The molecule has 0 aromatic heterocycles. The number of nitrogens with two attached hydrogens (primary N) is 2. The lowest BCUT2D eigenvalue weighted by molar-refractivity contribution is -0.123. The van der Waals surface area contributed by atoms with Gasteiger partial charge in [0.05, 0.1) is 5.56 Å². The van der Waals surface area contributed by atoms with Crippen LogP contribution >= 0.6 is 0 Å². The summed E-state index contributed by atoms with van der Waals surface area (Å²) in [4.78, 5) is 22.3. The lowest BCUT2D eigenvalue weighted by atomic mass is 10.1. The minimum atomic E-state index is -0.652. The second-order valence-corrected chi connectivity index (χ2v) is 3.10. The van der Waals surface area contributed by atoms with E-state index in [1.165, 1.54) is 25.2 Å². The number of benzene rings is 1. The molecule has 6 heteroatoms. The fourth-order valence-electron chi connectivity index (χ4n) is 1.05. The van der Waals surface area contributed by atoms with E-state index in [2.05, 4.69) is 5.32 Å². The fraction of sp³-hybridized carbons (Fsp3) is 0.200. The van der Waals surface area contributed by atoms with Crippen molar-refractivity contribution in [3.8, 4) is 0 Å². The molecule has 6 nitrogen and oxygen atoms in total. The van der Waals surface area contributed by atoms with Crippen LogP contribution in [0.1, 0.15) is 10.4 Å². The second-order valence-electron chi connectivity index (χ2n) is 3.10. The largest absolute Gasteiger partial charge is 0.452 e. The number of nitrogen functional groups attached to an aromatic ring is 2. The van der Waals surface area contributed by atoms with Crippen molar-refractivity contribution < 1.29 is 14.3 Å². The third-order valence-corrected chi connectivity index (χ3v) is 1.91. The van der Waals surface area contributed by atoms with E-state index in [-0.39, 0.29) is 23.8 Å². The summed E-state index contributed by atoms with van der Waals surface area (Å²) in [6.45, 7) is -0.334. The van der Waals surface area contributed by atoms with Crippen LogP contribution < -0.4 is 16.8 Å². The quantitative estimate of drug-likeness (QED) is 0.484. The maximum Gasteiger partial charge on any atom is 0.340 e. The highest BCUT2D eigenvalue weighted by molar-refractivity contribution is 5.96. The first-order valence-electron chi connectivity index (χ1n) is 4.57. The first-order valence-corrected chi connectivity index (χ1v) is 4.57. The van der Waals surface area contributed by atoms with Crippen LogP contribution in [0.5, 0.6) is 0 Å². The molecule has 5 N–H and O–H groups in total. The van der Waals surface area contributed by atoms with Gasteiger partial charge in [0.2, 0.25) is 0 Å². The zero-order chi connectivity index (χ0) is 12.1. The Morgan fingerprint density at radius 1 is 1.38 bits per heavy atom. The van der Waals surface area contributed by atoms with Gasteiger partial charge in [-0.15, -0.1) is 0 Å². The molecule has 0 atom stereocenters. The number of hydrogen-bond acceptors (Lipinski definition) is 5. The average molecular weight is 223 g/mol. The molecular formula is C10H13N3O3. The molecule has 0 aliphatic heterocycles. The minimum Gasteiger partial charge on any atom is -0.452 e. The van der Waals surface area contributed by atoms with Gasteiger partial charge >= 0.3 is 5.97 Å². The number of likely N-dealkylation sites (N-methyl/N-ethyl adjacent to an activating group) is 1. The maximum absolute atomic E-state index is 11.5. The van der Waals surface area contributed by atoms with Gasteiger partial charge in [-0.05, 0) is 18.2 Å². The number of hydrogen-bond donors (Lipinski definition) is 3. The molecule has 1 aromatic rings. The molecule has 0 saturated carbocycles. The van der Waals surface area contributed by atoms with E-state index in [4.69, 9.17) is 16.2 Å². The van der Waals surface area contributed by atoms with Crippen molar-refractivity contribution in [3.05, 3.63) is 23.8 Å². The van der Waals surface area contributed by atoms with Gasteiger partial charge in [-0.2, -0.15) is 0 Å². The predicted molar refractivity (Wildman–Crippen MR) is 59.6 cm³/mol. The summed E-state index contributed by atoms with van der Waals surface area (Å²) in [6.07, 6.45) is 0. The molecule has 16 heavy (non-hydrogen) atoms. The molecule has 0 saturated heterocycles. The van der Waals surface area contributed by atoms with Crippen LogP contribution in [0.2, 0.25) is 0 Å². The van der Waals surface area contributed by atoms with Crippen LogP contribution in [0, 0.1) is 0 Å². The summed E-state index contributed by atoms with van der Waals surface area (Å²) in [5, 5.41) is 2.33. The first kappa shape index (κ1) is 11.8. The molecule has 0 bridgehead atoms. The first-order chi connectivity index (χ1) is 7.54. The number of anilines is 2. The van der Waals surface area contributed by atoms with Crippen LogP contribution in [-0.4, -0.2) is 25.5 Å². The Bertz CT molecular complexity index is 418. The lowest BCUT2D eigenvalue weighted by Crippen LogP contribution is -2.25. The topological polar surface area (TPSA) is 107 Å². The van der Waals surface area contributed by atoms with Crippen molar-refractivity contribution >= 4 is 23.3 Å². The lowest BCUT2D eigenvalue weighted by Gasteiger charge is -2.06. The van der Waals surface area contributed by atoms with Crippen LogP contribution in [0.3, 0.4) is 0 Å². The Morgan fingerprint density at radius 3 is 2.62 bits per heavy atom. The molecule has 0 aliphatic rings. The molecule has 0 spiro atoms. The van der Waals surface area contributed by atoms with E-state index in [1.807, 2.05) is 0 Å². The van der Waals surface area contributed by atoms with Crippen molar-refractivity contribution in [1.82, 2.24) is 5.32 Å². The molecule has 0 unspecified atom stereocenters.